The summed E-state index contributed by atoms with van der Waals surface area (Å²) in [5.41, 5.74) is 2.09. The van der Waals surface area contributed by atoms with Gasteiger partial charge < -0.3 is 15.2 Å². The fourth-order valence-electron chi connectivity index (χ4n) is 2.64. The number of carboxylic acid groups (broad SMARTS) is 1. The van der Waals surface area contributed by atoms with Crippen LogP contribution >= 0.6 is 15.9 Å². The molecule has 4 nitrogen and oxygen atoms in total. The highest BCUT2D eigenvalue weighted by molar-refractivity contribution is 9.10. The molecule has 1 aliphatic carbocycles. The third-order valence-corrected chi connectivity index (χ3v) is 4.77. The molecule has 1 saturated carbocycles. The second-order valence-electron chi connectivity index (χ2n) is 5.33. The van der Waals surface area contributed by atoms with E-state index in [-0.39, 0.29) is 5.92 Å². The number of nitrogens with one attached hydrogen (secondary N) is 1. The number of anilines is 1. The number of benzene rings is 1. The van der Waals surface area contributed by atoms with Crippen molar-refractivity contribution in [2.24, 2.45) is 5.92 Å². The van der Waals surface area contributed by atoms with Crippen molar-refractivity contribution < 1.29 is 14.6 Å². The van der Waals surface area contributed by atoms with Crippen molar-refractivity contribution in [1.29, 1.82) is 0 Å². The van der Waals surface area contributed by atoms with E-state index < -0.39 is 5.97 Å². The minimum Gasteiger partial charge on any atom is -0.495 e. The van der Waals surface area contributed by atoms with Gasteiger partial charge in [0.15, 0.2) is 0 Å². The first-order valence-corrected chi connectivity index (χ1v) is 7.64. The van der Waals surface area contributed by atoms with Gasteiger partial charge in [0.25, 0.3) is 0 Å². The van der Waals surface area contributed by atoms with Crippen LogP contribution in [-0.2, 0) is 4.79 Å². The summed E-state index contributed by atoms with van der Waals surface area (Å²) in [6.07, 6.45) is 3.24. The fraction of sp³-hybridized carbons (Fsp3) is 0.533. The van der Waals surface area contributed by atoms with Crippen LogP contribution in [0, 0.1) is 12.8 Å². The van der Waals surface area contributed by atoms with E-state index in [1.54, 1.807) is 7.11 Å². The van der Waals surface area contributed by atoms with E-state index in [9.17, 15) is 4.79 Å². The van der Waals surface area contributed by atoms with Gasteiger partial charge in [-0.2, -0.15) is 0 Å². The quantitative estimate of drug-likeness (QED) is 0.873. The molecule has 110 valence electrons. The summed E-state index contributed by atoms with van der Waals surface area (Å²) in [6.45, 7) is 2.02. The number of hydrogen-bond acceptors (Lipinski definition) is 3. The third-order valence-electron chi connectivity index (χ3n) is 3.92. The van der Waals surface area contributed by atoms with Gasteiger partial charge >= 0.3 is 5.97 Å². The van der Waals surface area contributed by atoms with Gasteiger partial charge in [-0.1, -0.05) is 15.9 Å². The number of rotatable bonds is 4. The molecule has 0 atom stereocenters. The Morgan fingerprint density at radius 3 is 2.55 bits per heavy atom. The Morgan fingerprint density at radius 2 is 2.00 bits per heavy atom. The van der Waals surface area contributed by atoms with Crippen molar-refractivity contribution in [2.75, 3.05) is 12.4 Å². The average Bonchev–Trinajstić information content (AvgIpc) is 2.43. The van der Waals surface area contributed by atoms with E-state index in [0.29, 0.717) is 6.04 Å². The summed E-state index contributed by atoms with van der Waals surface area (Å²) in [6, 6.07) is 4.33. The van der Waals surface area contributed by atoms with Gasteiger partial charge in [0, 0.05) is 10.5 Å². The average molecular weight is 342 g/mol. The van der Waals surface area contributed by atoms with Crippen molar-refractivity contribution in [3.05, 3.63) is 22.2 Å². The second-order valence-corrected chi connectivity index (χ2v) is 6.19. The summed E-state index contributed by atoms with van der Waals surface area (Å²) < 4.78 is 6.45. The second kappa shape index (κ2) is 6.48. The van der Waals surface area contributed by atoms with Crippen LogP contribution in [-0.4, -0.2) is 24.2 Å². The number of hydrogen-bond donors (Lipinski definition) is 2. The third kappa shape index (κ3) is 3.45. The molecule has 5 heteroatoms. The van der Waals surface area contributed by atoms with Crippen LogP contribution in [0.3, 0.4) is 0 Å². The maximum Gasteiger partial charge on any atom is 0.306 e. The van der Waals surface area contributed by atoms with E-state index in [0.717, 1.165) is 47.2 Å². The van der Waals surface area contributed by atoms with Crippen molar-refractivity contribution in [1.82, 2.24) is 0 Å². The minimum absolute atomic E-state index is 0.181. The lowest BCUT2D eigenvalue weighted by Crippen LogP contribution is -2.29. The predicted octanol–water partition coefficient (Wildman–Crippen LogP) is 3.82. The Kier molecular flexibility index (Phi) is 4.91. The molecule has 2 rings (SSSR count). The summed E-state index contributed by atoms with van der Waals surface area (Å²) in [7, 11) is 1.66. The predicted molar refractivity (Wildman–Crippen MR) is 82.4 cm³/mol. The summed E-state index contributed by atoms with van der Waals surface area (Å²) >= 11 is 3.53. The lowest BCUT2D eigenvalue weighted by Gasteiger charge is -2.28. The highest BCUT2D eigenvalue weighted by atomic mass is 79.9. The summed E-state index contributed by atoms with van der Waals surface area (Å²) in [4.78, 5) is 11.0. The molecule has 0 radical (unpaired) electrons. The maximum absolute atomic E-state index is 11.0. The van der Waals surface area contributed by atoms with Crippen LogP contribution in [0.4, 0.5) is 5.69 Å². The molecular formula is C15H20BrNO3. The highest BCUT2D eigenvalue weighted by Gasteiger charge is 2.26. The van der Waals surface area contributed by atoms with Crippen molar-refractivity contribution in [3.63, 3.8) is 0 Å². The summed E-state index contributed by atoms with van der Waals surface area (Å²) in [5.74, 6) is -0.0233. The van der Waals surface area contributed by atoms with Gasteiger partial charge in [-0.05, 0) is 50.3 Å². The topological polar surface area (TPSA) is 58.6 Å². The molecule has 0 unspecified atom stereocenters. The molecular weight excluding hydrogens is 322 g/mol. The Labute approximate surface area is 127 Å². The summed E-state index contributed by atoms with van der Waals surface area (Å²) in [5, 5.41) is 12.5. The van der Waals surface area contributed by atoms with Gasteiger partial charge in [-0.3, -0.25) is 4.79 Å². The number of ether oxygens (including phenoxy) is 1. The normalized spacial score (nSPS) is 22.4. The van der Waals surface area contributed by atoms with Gasteiger partial charge in [0.05, 0.1) is 18.7 Å². The van der Waals surface area contributed by atoms with Gasteiger partial charge in [-0.25, -0.2) is 0 Å². The molecule has 1 aromatic carbocycles. The smallest absolute Gasteiger partial charge is 0.306 e. The standard InChI is InChI=1S/C15H20BrNO3/c1-9-7-14(20-2)13(8-12(9)16)17-11-5-3-10(4-6-11)15(18)19/h7-8,10-11,17H,3-6H2,1-2H3,(H,18,19). The zero-order valence-electron chi connectivity index (χ0n) is 11.8. The molecule has 0 amide bonds. The first-order valence-electron chi connectivity index (χ1n) is 6.84. The van der Waals surface area contributed by atoms with Gasteiger partial charge in [-0.15, -0.1) is 0 Å². The lowest BCUT2D eigenvalue weighted by molar-refractivity contribution is -0.142. The van der Waals surface area contributed by atoms with Crippen molar-refractivity contribution in [2.45, 2.75) is 38.6 Å². The molecule has 0 aliphatic heterocycles. The molecule has 0 aromatic heterocycles. The molecule has 1 fully saturated rings. The molecule has 1 aromatic rings. The van der Waals surface area contributed by atoms with Crippen LogP contribution in [0.15, 0.2) is 16.6 Å². The van der Waals surface area contributed by atoms with Crippen LogP contribution < -0.4 is 10.1 Å². The van der Waals surface area contributed by atoms with Crippen LogP contribution in [0.2, 0.25) is 0 Å². The first-order chi connectivity index (χ1) is 9.51. The molecule has 0 saturated heterocycles. The monoisotopic (exact) mass is 341 g/mol. The Bertz CT molecular complexity index is 496. The molecule has 20 heavy (non-hydrogen) atoms. The number of carboxylic acids is 1. The molecule has 1 aliphatic rings. The van der Waals surface area contributed by atoms with Crippen LogP contribution in [0.25, 0.3) is 0 Å². The van der Waals surface area contributed by atoms with E-state index in [2.05, 4.69) is 21.2 Å². The van der Waals surface area contributed by atoms with E-state index in [1.807, 2.05) is 19.1 Å². The van der Waals surface area contributed by atoms with E-state index in [1.165, 1.54) is 0 Å². The molecule has 2 N–H and O–H groups in total. The number of aliphatic carboxylic acids is 1. The number of aryl methyl sites for hydroxylation is 1. The van der Waals surface area contributed by atoms with Crippen molar-refractivity contribution >= 4 is 27.6 Å². The number of halogens is 1. The minimum atomic E-state index is -0.667. The van der Waals surface area contributed by atoms with E-state index in [4.69, 9.17) is 9.84 Å². The highest BCUT2D eigenvalue weighted by Crippen LogP contribution is 2.34. The maximum atomic E-state index is 11.0. The Balaban J connectivity index is 2.04. The number of carbonyl (C=O) groups is 1. The zero-order valence-corrected chi connectivity index (χ0v) is 13.4. The Morgan fingerprint density at radius 1 is 1.35 bits per heavy atom. The van der Waals surface area contributed by atoms with E-state index >= 15 is 0 Å². The van der Waals surface area contributed by atoms with Gasteiger partial charge in [0.1, 0.15) is 5.75 Å². The van der Waals surface area contributed by atoms with Gasteiger partial charge in [0.2, 0.25) is 0 Å². The molecule has 0 heterocycles. The molecule has 0 bridgehead atoms. The lowest BCUT2D eigenvalue weighted by atomic mass is 9.86. The molecule has 0 spiro atoms. The Hall–Kier alpha value is -1.23. The van der Waals surface area contributed by atoms with Crippen molar-refractivity contribution in [3.8, 4) is 5.75 Å². The fourth-order valence-corrected chi connectivity index (χ4v) is 2.98. The SMILES string of the molecule is COc1cc(C)c(Br)cc1NC1CCC(C(=O)O)CC1. The van der Waals surface area contributed by atoms with Crippen LogP contribution in [0.5, 0.6) is 5.75 Å². The largest absolute Gasteiger partial charge is 0.495 e. The zero-order chi connectivity index (χ0) is 14.7. The first kappa shape index (κ1) is 15.2. The van der Waals surface area contributed by atoms with Crippen LogP contribution in [0.1, 0.15) is 31.2 Å². The number of methoxy groups -OCH3 is 1.